The molecule has 1 aliphatic heterocycles. The molecule has 1 nitrogen and oxygen atoms in total. The number of nitrogens with one attached hydrogen (secondary N) is 1. The molecule has 5 heteroatoms. The highest BCUT2D eigenvalue weighted by Gasteiger charge is 2.24. The van der Waals surface area contributed by atoms with Crippen LogP contribution in [0.1, 0.15) is 17.9 Å². The van der Waals surface area contributed by atoms with E-state index < -0.39 is 11.6 Å². The lowest BCUT2D eigenvalue weighted by Gasteiger charge is -2.09. The summed E-state index contributed by atoms with van der Waals surface area (Å²) in [4.78, 5) is 0.690. The molecule has 0 unspecified atom stereocenters. The molecule has 1 aliphatic rings. The van der Waals surface area contributed by atoms with E-state index in [9.17, 15) is 8.78 Å². The topological polar surface area (TPSA) is 12.0 Å². The number of halogens is 3. The average Bonchev–Trinajstić information content (AvgIpc) is 2.58. The maximum Gasteiger partial charge on any atom is 0.142 e. The van der Waals surface area contributed by atoms with Gasteiger partial charge in [0.1, 0.15) is 11.6 Å². The first kappa shape index (κ1) is 10.8. The molecule has 1 saturated heterocycles. The molecule has 80 valence electrons. The van der Waals surface area contributed by atoms with Crippen LogP contribution in [0.2, 0.25) is 5.02 Å². The Labute approximate surface area is 96.4 Å². The van der Waals surface area contributed by atoms with E-state index in [0.717, 1.165) is 12.1 Å². The van der Waals surface area contributed by atoms with Crippen LogP contribution in [0.4, 0.5) is 8.78 Å². The van der Waals surface area contributed by atoms with Crippen LogP contribution in [0.3, 0.4) is 0 Å². The smallest absolute Gasteiger partial charge is 0.142 e. The molecule has 1 fully saturated rings. The summed E-state index contributed by atoms with van der Waals surface area (Å²) >= 11 is 10.4. The first-order valence-electron chi connectivity index (χ1n) is 4.49. The summed E-state index contributed by atoms with van der Waals surface area (Å²) < 4.78 is 26.6. The van der Waals surface area contributed by atoms with E-state index in [-0.39, 0.29) is 10.9 Å². The first-order valence-corrected chi connectivity index (χ1v) is 5.27. The third kappa shape index (κ3) is 2.11. The second-order valence-corrected chi connectivity index (χ2v) is 4.39. The summed E-state index contributed by atoms with van der Waals surface area (Å²) in [5, 5.41) is 2.75. The van der Waals surface area contributed by atoms with Crippen LogP contribution in [0, 0.1) is 11.6 Å². The minimum Gasteiger partial charge on any atom is -0.379 e. The first-order chi connectivity index (χ1) is 7.08. The van der Waals surface area contributed by atoms with E-state index in [0.29, 0.717) is 23.5 Å². The van der Waals surface area contributed by atoms with Gasteiger partial charge in [0.15, 0.2) is 0 Å². The summed E-state index contributed by atoms with van der Waals surface area (Å²) in [5.74, 6) is -1.16. The van der Waals surface area contributed by atoms with Gasteiger partial charge < -0.3 is 5.32 Å². The van der Waals surface area contributed by atoms with E-state index in [4.69, 9.17) is 23.8 Å². The van der Waals surface area contributed by atoms with Gasteiger partial charge in [0.05, 0.1) is 10.0 Å². The van der Waals surface area contributed by atoms with Gasteiger partial charge in [-0.1, -0.05) is 23.8 Å². The van der Waals surface area contributed by atoms with Crippen LogP contribution in [0.15, 0.2) is 12.1 Å². The highest BCUT2D eigenvalue weighted by molar-refractivity contribution is 7.80. The minimum absolute atomic E-state index is 0.0933. The Morgan fingerprint density at radius 3 is 2.67 bits per heavy atom. The molecule has 1 atom stereocenters. The molecule has 0 spiro atoms. The van der Waals surface area contributed by atoms with Gasteiger partial charge in [0.25, 0.3) is 0 Å². The zero-order valence-corrected chi connectivity index (χ0v) is 9.26. The lowest BCUT2D eigenvalue weighted by atomic mass is 9.98. The van der Waals surface area contributed by atoms with Crippen LogP contribution in [-0.4, -0.2) is 11.5 Å². The number of benzene rings is 1. The van der Waals surface area contributed by atoms with Gasteiger partial charge in [-0.2, -0.15) is 0 Å². The fourth-order valence-corrected chi connectivity index (χ4v) is 2.11. The third-order valence-corrected chi connectivity index (χ3v) is 3.06. The Morgan fingerprint density at radius 1 is 1.33 bits per heavy atom. The maximum atomic E-state index is 13.5. The maximum absolute atomic E-state index is 13.5. The van der Waals surface area contributed by atoms with Gasteiger partial charge in [0, 0.05) is 18.9 Å². The second kappa shape index (κ2) is 4.02. The lowest BCUT2D eigenvalue weighted by molar-refractivity contribution is 0.568. The van der Waals surface area contributed by atoms with Crippen LogP contribution < -0.4 is 5.32 Å². The molecule has 1 aromatic carbocycles. The quantitative estimate of drug-likeness (QED) is 0.605. The lowest BCUT2D eigenvalue weighted by Crippen LogP contribution is -2.12. The van der Waals surface area contributed by atoms with Crippen molar-refractivity contribution >= 4 is 28.8 Å². The molecule has 0 amide bonds. The van der Waals surface area contributed by atoms with Crippen LogP contribution in [0.5, 0.6) is 0 Å². The molecule has 2 rings (SSSR count). The standard InChI is InChI=1S/C10H8ClF2NS/c11-7-3-8(12)6(2-9(7)13)5-1-10(15)14-4-5/h2-3,5H,1,4H2,(H,14,15)/t5-/m0/s1. The minimum atomic E-state index is -0.592. The van der Waals surface area contributed by atoms with E-state index in [2.05, 4.69) is 5.32 Å². The molecule has 0 aliphatic carbocycles. The third-order valence-electron chi connectivity index (χ3n) is 2.46. The van der Waals surface area contributed by atoms with E-state index in [1.807, 2.05) is 0 Å². The number of thiocarbonyl (C=S) groups is 1. The molecule has 0 bridgehead atoms. The molecule has 1 aromatic rings. The van der Waals surface area contributed by atoms with Crippen molar-refractivity contribution in [1.29, 1.82) is 0 Å². The van der Waals surface area contributed by atoms with E-state index >= 15 is 0 Å². The fourth-order valence-electron chi connectivity index (χ4n) is 1.68. The normalized spacial score (nSPS) is 20.5. The van der Waals surface area contributed by atoms with Crippen LogP contribution in [0.25, 0.3) is 0 Å². The van der Waals surface area contributed by atoms with Crippen molar-refractivity contribution in [3.8, 4) is 0 Å². The van der Waals surface area contributed by atoms with Gasteiger partial charge in [0.2, 0.25) is 0 Å². The van der Waals surface area contributed by atoms with Gasteiger partial charge in [-0.15, -0.1) is 0 Å². The van der Waals surface area contributed by atoms with Gasteiger partial charge in [-0.05, 0) is 17.7 Å². The van der Waals surface area contributed by atoms with E-state index in [1.165, 1.54) is 0 Å². The Balaban J connectivity index is 2.36. The Morgan fingerprint density at radius 2 is 2.07 bits per heavy atom. The van der Waals surface area contributed by atoms with Crippen molar-refractivity contribution in [2.45, 2.75) is 12.3 Å². The predicted molar refractivity (Wildman–Crippen MR) is 59.3 cm³/mol. The van der Waals surface area contributed by atoms with Crippen molar-refractivity contribution in [3.05, 3.63) is 34.4 Å². The van der Waals surface area contributed by atoms with E-state index in [1.54, 1.807) is 0 Å². The highest BCUT2D eigenvalue weighted by atomic mass is 35.5. The molecule has 1 N–H and O–H groups in total. The Kier molecular flexibility index (Phi) is 2.89. The van der Waals surface area contributed by atoms with Crippen molar-refractivity contribution in [3.63, 3.8) is 0 Å². The zero-order chi connectivity index (χ0) is 11.0. The summed E-state index contributed by atoms with van der Waals surface area (Å²) in [5.41, 5.74) is 0.337. The largest absolute Gasteiger partial charge is 0.379 e. The zero-order valence-electron chi connectivity index (χ0n) is 7.69. The molecule has 1 heterocycles. The monoisotopic (exact) mass is 247 g/mol. The molecular formula is C10H8ClF2NS. The van der Waals surface area contributed by atoms with Gasteiger partial charge >= 0.3 is 0 Å². The number of rotatable bonds is 1. The summed E-state index contributed by atoms with van der Waals surface area (Å²) in [6.45, 7) is 0.552. The van der Waals surface area contributed by atoms with Crippen LogP contribution in [-0.2, 0) is 0 Å². The Hall–Kier alpha value is -0.740. The Bertz CT molecular complexity index is 422. The van der Waals surface area contributed by atoms with Crippen molar-refractivity contribution in [2.24, 2.45) is 0 Å². The molecular weight excluding hydrogens is 240 g/mol. The molecule has 0 aromatic heterocycles. The SMILES string of the molecule is Fc1cc([C@@H]2CNC(=S)C2)c(F)cc1Cl. The number of hydrogen-bond donors (Lipinski definition) is 1. The molecule has 15 heavy (non-hydrogen) atoms. The van der Waals surface area contributed by atoms with Crippen LogP contribution >= 0.6 is 23.8 Å². The summed E-state index contributed by atoms with van der Waals surface area (Å²) in [6, 6.07) is 2.16. The molecule has 0 saturated carbocycles. The fraction of sp³-hybridized carbons (Fsp3) is 0.300. The number of hydrogen-bond acceptors (Lipinski definition) is 1. The van der Waals surface area contributed by atoms with Gasteiger partial charge in [-0.3, -0.25) is 0 Å². The highest BCUT2D eigenvalue weighted by Crippen LogP contribution is 2.29. The second-order valence-electron chi connectivity index (χ2n) is 3.49. The summed E-state index contributed by atoms with van der Waals surface area (Å²) in [7, 11) is 0. The molecule has 0 radical (unpaired) electrons. The predicted octanol–water partition coefficient (Wildman–Crippen LogP) is 3.02. The average molecular weight is 248 g/mol. The summed E-state index contributed by atoms with van der Waals surface area (Å²) in [6.07, 6.45) is 0.563. The van der Waals surface area contributed by atoms with Gasteiger partial charge in [-0.25, -0.2) is 8.78 Å². The van der Waals surface area contributed by atoms with Crippen molar-refractivity contribution < 1.29 is 8.78 Å². The van der Waals surface area contributed by atoms with Crippen molar-refractivity contribution in [1.82, 2.24) is 5.32 Å². The van der Waals surface area contributed by atoms with Crippen molar-refractivity contribution in [2.75, 3.05) is 6.54 Å².